The molecule has 0 aliphatic heterocycles. The molecule has 88 valence electrons. The first-order valence-electron chi connectivity index (χ1n) is 4.65. The van der Waals surface area contributed by atoms with Crippen LogP contribution in [0.25, 0.3) is 0 Å². The highest BCUT2D eigenvalue weighted by molar-refractivity contribution is 5.79. The molecule has 6 heteroatoms. The number of aliphatic hydroxyl groups excluding tert-OH is 1. The number of aliphatic hydroxyl groups is 1. The van der Waals surface area contributed by atoms with Crippen molar-refractivity contribution in [1.82, 2.24) is 10.6 Å². The van der Waals surface area contributed by atoms with Crippen LogP contribution in [0.2, 0.25) is 0 Å². The van der Waals surface area contributed by atoms with Crippen molar-refractivity contribution >= 4 is 11.9 Å². The van der Waals surface area contributed by atoms with E-state index in [4.69, 9.17) is 10.2 Å². The van der Waals surface area contributed by atoms with Gasteiger partial charge in [0, 0.05) is 5.54 Å². The van der Waals surface area contributed by atoms with Gasteiger partial charge in [-0.1, -0.05) is 0 Å². The molecule has 1 amide bonds. The topological polar surface area (TPSA) is 98.7 Å². The van der Waals surface area contributed by atoms with Crippen LogP contribution in [0.1, 0.15) is 20.8 Å². The lowest BCUT2D eigenvalue weighted by atomic mass is 10.1. The molecular weight excluding hydrogens is 200 g/mol. The number of carbonyl (C=O) groups excluding carboxylic acids is 1. The normalized spacial score (nSPS) is 13.3. The van der Waals surface area contributed by atoms with Crippen LogP contribution in [0.5, 0.6) is 0 Å². The third kappa shape index (κ3) is 7.90. The Morgan fingerprint density at radius 3 is 2.27 bits per heavy atom. The van der Waals surface area contributed by atoms with Crippen molar-refractivity contribution in [2.75, 3.05) is 13.1 Å². The van der Waals surface area contributed by atoms with E-state index in [9.17, 15) is 9.59 Å². The van der Waals surface area contributed by atoms with Crippen molar-refractivity contribution in [3.05, 3.63) is 0 Å². The molecule has 0 spiro atoms. The molecule has 15 heavy (non-hydrogen) atoms. The lowest BCUT2D eigenvalue weighted by Crippen LogP contribution is -2.45. The van der Waals surface area contributed by atoms with Gasteiger partial charge in [-0.25, -0.2) is 4.79 Å². The van der Waals surface area contributed by atoms with Gasteiger partial charge < -0.3 is 20.8 Å². The fourth-order valence-electron chi connectivity index (χ4n) is 0.706. The van der Waals surface area contributed by atoms with Crippen LogP contribution in [0, 0.1) is 0 Å². The Morgan fingerprint density at radius 2 is 1.87 bits per heavy atom. The molecule has 0 unspecified atom stereocenters. The zero-order valence-corrected chi connectivity index (χ0v) is 9.20. The Labute approximate surface area is 88.7 Å². The number of carboxylic acids is 1. The van der Waals surface area contributed by atoms with E-state index in [-0.39, 0.29) is 24.5 Å². The predicted molar refractivity (Wildman–Crippen MR) is 54.4 cm³/mol. The van der Waals surface area contributed by atoms with Crippen molar-refractivity contribution in [2.24, 2.45) is 0 Å². The van der Waals surface area contributed by atoms with Crippen molar-refractivity contribution in [1.29, 1.82) is 0 Å². The van der Waals surface area contributed by atoms with Gasteiger partial charge >= 0.3 is 5.97 Å². The first-order chi connectivity index (χ1) is 6.72. The van der Waals surface area contributed by atoms with Crippen LogP contribution in [-0.2, 0) is 9.59 Å². The maximum Gasteiger partial charge on any atom is 0.334 e. The fraction of sp³-hybridized carbons (Fsp3) is 0.778. The number of aliphatic carboxylic acids is 1. The van der Waals surface area contributed by atoms with Gasteiger partial charge in [-0.05, 0) is 20.8 Å². The highest BCUT2D eigenvalue weighted by Gasteiger charge is 2.15. The lowest BCUT2D eigenvalue weighted by Gasteiger charge is -2.20. The maximum absolute atomic E-state index is 11.1. The highest BCUT2D eigenvalue weighted by atomic mass is 16.4. The number of hydrogen-bond donors (Lipinski definition) is 4. The van der Waals surface area contributed by atoms with E-state index in [1.165, 1.54) is 0 Å². The molecule has 0 bridgehead atoms. The molecule has 0 heterocycles. The van der Waals surface area contributed by atoms with Gasteiger partial charge in [0.1, 0.15) is 0 Å². The van der Waals surface area contributed by atoms with Gasteiger partial charge in [-0.3, -0.25) is 4.79 Å². The third-order valence-electron chi connectivity index (χ3n) is 1.56. The largest absolute Gasteiger partial charge is 0.479 e. The number of rotatable bonds is 5. The second-order valence-corrected chi connectivity index (χ2v) is 4.26. The minimum absolute atomic E-state index is 0.0931. The molecule has 0 radical (unpaired) electrons. The lowest BCUT2D eigenvalue weighted by molar-refractivity contribution is -0.146. The number of carbonyl (C=O) groups is 2. The average molecular weight is 218 g/mol. The Hall–Kier alpha value is -1.14. The van der Waals surface area contributed by atoms with E-state index < -0.39 is 12.1 Å². The summed E-state index contributed by atoms with van der Waals surface area (Å²) in [5.74, 6) is -1.69. The first kappa shape index (κ1) is 13.9. The van der Waals surface area contributed by atoms with Crippen molar-refractivity contribution in [3.8, 4) is 0 Å². The van der Waals surface area contributed by atoms with Crippen molar-refractivity contribution < 1.29 is 19.8 Å². The quantitative estimate of drug-likeness (QED) is 0.471. The molecule has 0 aliphatic carbocycles. The second kappa shape index (κ2) is 5.67. The Balaban J connectivity index is 3.72. The monoisotopic (exact) mass is 218 g/mol. The highest BCUT2D eigenvalue weighted by Crippen LogP contribution is 1.96. The van der Waals surface area contributed by atoms with E-state index in [1.54, 1.807) is 0 Å². The number of carboxylic acid groups (broad SMARTS) is 1. The van der Waals surface area contributed by atoms with Gasteiger partial charge in [-0.2, -0.15) is 0 Å². The number of hydrogen-bond acceptors (Lipinski definition) is 4. The molecule has 0 aromatic rings. The fourth-order valence-corrected chi connectivity index (χ4v) is 0.706. The van der Waals surface area contributed by atoms with Crippen LogP contribution in [0.3, 0.4) is 0 Å². The van der Waals surface area contributed by atoms with Crippen LogP contribution < -0.4 is 10.6 Å². The van der Waals surface area contributed by atoms with E-state index in [0.717, 1.165) is 0 Å². The van der Waals surface area contributed by atoms with Crippen LogP contribution in [-0.4, -0.2) is 46.8 Å². The molecule has 0 rings (SSSR count). The minimum atomic E-state index is -1.55. The zero-order chi connectivity index (χ0) is 12.1. The van der Waals surface area contributed by atoms with Crippen molar-refractivity contribution in [2.45, 2.75) is 32.4 Å². The molecule has 0 saturated carbocycles. The van der Waals surface area contributed by atoms with E-state index in [2.05, 4.69) is 10.6 Å². The Kier molecular flexibility index (Phi) is 5.24. The second-order valence-electron chi connectivity index (χ2n) is 4.26. The number of nitrogens with one attached hydrogen (secondary N) is 2. The summed E-state index contributed by atoms with van der Waals surface area (Å²) in [6, 6.07) is 0. The minimum Gasteiger partial charge on any atom is -0.479 e. The summed E-state index contributed by atoms with van der Waals surface area (Å²) < 4.78 is 0. The van der Waals surface area contributed by atoms with Gasteiger partial charge in [0.15, 0.2) is 6.10 Å². The molecule has 0 fully saturated rings. The van der Waals surface area contributed by atoms with Gasteiger partial charge in [0.2, 0.25) is 5.91 Å². The molecule has 1 atom stereocenters. The molecule has 0 aromatic heterocycles. The Bertz CT molecular complexity index is 235. The standard InChI is InChI=1S/C9H18N2O4/c1-9(2,3)11-5-7(13)10-4-6(12)8(14)15/h6,11-12H,4-5H2,1-3H3,(H,10,13)(H,14,15)/t6-/m0/s1. The predicted octanol–water partition coefficient (Wildman–Crippen LogP) is -1.06. The summed E-state index contributed by atoms with van der Waals surface area (Å²) >= 11 is 0. The van der Waals surface area contributed by atoms with Crippen LogP contribution in [0.4, 0.5) is 0 Å². The summed E-state index contributed by atoms with van der Waals surface area (Å²) in [4.78, 5) is 21.4. The first-order valence-corrected chi connectivity index (χ1v) is 4.65. The van der Waals surface area contributed by atoms with E-state index in [1.807, 2.05) is 20.8 Å². The van der Waals surface area contributed by atoms with Gasteiger partial charge in [0.25, 0.3) is 0 Å². The van der Waals surface area contributed by atoms with Gasteiger partial charge in [0.05, 0.1) is 13.1 Å². The molecular formula is C9H18N2O4. The maximum atomic E-state index is 11.1. The molecule has 6 nitrogen and oxygen atoms in total. The van der Waals surface area contributed by atoms with Crippen LogP contribution in [0.15, 0.2) is 0 Å². The van der Waals surface area contributed by atoms with E-state index in [0.29, 0.717) is 0 Å². The summed E-state index contributed by atoms with van der Waals surface area (Å²) in [5, 5.41) is 22.4. The summed E-state index contributed by atoms with van der Waals surface area (Å²) in [7, 11) is 0. The van der Waals surface area contributed by atoms with Gasteiger partial charge in [-0.15, -0.1) is 0 Å². The molecule has 0 aliphatic rings. The number of amides is 1. The summed E-state index contributed by atoms with van der Waals surface area (Å²) in [5.41, 5.74) is -0.178. The third-order valence-corrected chi connectivity index (χ3v) is 1.56. The molecule has 4 N–H and O–H groups in total. The van der Waals surface area contributed by atoms with E-state index >= 15 is 0 Å². The van der Waals surface area contributed by atoms with Crippen molar-refractivity contribution in [3.63, 3.8) is 0 Å². The smallest absolute Gasteiger partial charge is 0.334 e. The zero-order valence-electron chi connectivity index (χ0n) is 9.20. The summed E-state index contributed by atoms with van der Waals surface area (Å²) in [6.45, 7) is 5.54. The summed E-state index contributed by atoms with van der Waals surface area (Å²) in [6.07, 6.45) is -1.55. The molecule has 0 saturated heterocycles. The average Bonchev–Trinajstić information content (AvgIpc) is 2.09. The molecule has 0 aromatic carbocycles. The SMILES string of the molecule is CC(C)(C)NCC(=O)NC[C@H](O)C(=O)O. The Morgan fingerprint density at radius 1 is 1.33 bits per heavy atom. The van der Waals surface area contributed by atoms with Crippen LogP contribution >= 0.6 is 0 Å².